The van der Waals surface area contributed by atoms with Crippen LogP contribution in [0.3, 0.4) is 0 Å². The van der Waals surface area contributed by atoms with E-state index in [-0.39, 0.29) is 0 Å². The molecule has 122 valence electrons. The van der Waals surface area contributed by atoms with Crippen LogP contribution in [-0.2, 0) is 22.9 Å². The third kappa shape index (κ3) is 3.63. The number of imidazole rings is 1. The van der Waals surface area contributed by atoms with E-state index in [1.54, 1.807) is 6.07 Å². The molecule has 0 radical (unpaired) electrons. The standard InChI is InChI=1S/C16H19N3O2S2/c1-2-14-8-9-16(22-14)23(20,21)18-10-5-7-15-17-12-13-6-3-4-11-19(13)15/h3-4,6,8-9,11-12,18H,2,5,7,10H2,1H3. The smallest absolute Gasteiger partial charge is 0.250 e. The maximum absolute atomic E-state index is 12.2. The van der Waals surface area contributed by atoms with Crippen LogP contribution in [0.15, 0.2) is 46.9 Å². The van der Waals surface area contributed by atoms with Crippen molar-refractivity contribution in [2.45, 2.75) is 30.4 Å². The molecule has 1 N–H and O–H groups in total. The fourth-order valence-electron chi connectivity index (χ4n) is 2.40. The second-order valence-corrected chi connectivity index (χ2v) is 8.41. The van der Waals surface area contributed by atoms with Gasteiger partial charge in [0.2, 0.25) is 10.0 Å². The molecule has 3 heterocycles. The molecule has 0 aliphatic carbocycles. The lowest BCUT2D eigenvalue weighted by Gasteiger charge is -2.05. The lowest BCUT2D eigenvalue weighted by atomic mass is 10.3. The molecule has 0 aromatic carbocycles. The van der Waals surface area contributed by atoms with Gasteiger partial charge in [-0.3, -0.25) is 0 Å². The summed E-state index contributed by atoms with van der Waals surface area (Å²) in [4.78, 5) is 5.47. The minimum atomic E-state index is -3.39. The van der Waals surface area contributed by atoms with Gasteiger partial charge in [-0.1, -0.05) is 13.0 Å². The third-order valence-electron chi connectivity index (χ3n) is 3.63. The van der Waals surface area contributed by atoms with Crippen LogP contribution in [0.2, 0.25) is 0 Å². The maximum Gasteiger partial charge on any atom is 0.250 e. The molecule has 3 aromatic rings. The van der Waals surface area contributed by atoms with E-state index in [0.717, 1.165) is 29.1 Å². The highest BCUT2D eigenvalue weighted by atomic mass is 32.2. The minimum Gasteiger partial charge on any atom is -0.304 e. The van der Waals surface area contributed by atoms with Crippen LogP contribution < -0.4 is 4.72 Å². The second-order valence-electron chi connectivity index (χ2n) is 5.25. The lowest BCUT2D eigenvalue weighted by molar-refractivity contribution is 0.580. The summed E-state index contributed by atoms with van der Waals surface area (Å²) in [6.45, 7) is 2.42. The Balaban J connectivity index is 1.57. The number of hydrogen-bond acceptors (Lipinski definition) is 4. The van der Waals surface area contributed by atoms with Crippen molar-refractivity contribution in [3.63, 3.8) is 0 Å². The van der Waals surface area contributed by atoms with Gasteiger partial charge >= 0.3 is 0 Å². The van der Waals surface area contributed by atoms with Crippen LogP contribution in [-0.4, -0.2) is 24.3 Å². The Bertz CT molecular complexity index is 897. The summed E-state index contributed by atoms with van der Waals surface area (Å²) in [5, 5.41) is 0. The second kappa shape index (κ2) is 6.82. The highest BCUT2D eigenvalue weighted by molar-refractivity contribution is 7.91. The number of nitrogens with one attached hydrogen (secondary N) is 1. The first kappa shape index (κ1) is 16.2. The molecule has 23 heavy (non-hydrogen) atoms. The molecule has 0 saturated heterocycles. The van der Waals surface area contributed by atoms with Crippen LogP contribution in [0.1, 0.15) is 24.0 Å². The average molecular weight is 349 g/mol. The molecule has 0 aliphatic heterocycles. The zero-order chi connectivity index (χ0) is 16.3. The fourth-order valence-corrected chi connectivity index (χ4v) is 4.82. The largest absolute Gasteiger partial charge is 0.304 e. The molecule has 3 aromatic heterocycles. The van der Waals surface area contributed by atoms with Gasteiger partial charge in [-0.05, 0) is 37.1 Å². The Morgan fingerprint density at radius 1 is 1.26 bits per heavy atom. The van der Waals surface area contributed by atoms with E-state index < -0.39 is 10.0 Å². The van der Waals surface area contributed by atoms with Gasteiger partial charge in [-0.2, -0.15) is 0 Å². The Kier molecular flexibility index (Phi) is 4.79. The molecule has 0 fully saturated rings. The Hall–Kier alpha value is -1.70. The van der Waals surface area contributed by atoms with E-state index in [0.29, 0.717) is 17.2 Å². The first-order valence-electron chi connectivity index (χ1n) is 7.59. The zero-order valence-corrected chi connectivity index (χ0v) is 14.5. The summed E-state index contributed by atoms with van der Waals surface area (Å²) in [7, 11) is -3.39. The van der Waals surface area contributed by atoms with Crippen LogP contribution in [0.4, 0.5) is 0 Å². The van der Waals surface area contributed by atoms with E-state index in [4.69, 9.17) is 0 Å². The predicted octanol–water partition coefficient (Wildman–Crippen LogP) is 2.87. The van der Waals surface area contributed by atoms with Crippen molar-refractivity contribution in [3.05, 3.63) is 53.4 Å². The zero-order valence-electron chi connectivity index (χ0n) is 12.9. The van der Waals surface area contributed by atoms with Gasteiger partial charge in [-0.15, -0.1) is 11.3 Å². The molecule has 0 aliphatic rings. The van der Waals surface area contributed by atoms with Crippen molar-refractivity contribution in [2.75, 3.05) is 6.54 Å². The molecule has 7 heteroatoms. The molecule has 3 rings (SSSR count). The molecule has 0 atom stereocenters. The number of fused-ring (bicyclic) bond motifs is 1. The highest BCUT2D eigenvalue weighted by Gasteiger charge is 2.15. The van der Waals surface area contributed by atoms with Gasteiger partial charge in [0.1, 0.15) is 10.0 Å². The van der Waals surface area contributed by atoms with Crippen LogP contribution in [0.25, 0.3) is 5.52 Å². The molecular weight excluding hydrogens is 330 g/mol. The normalized spacial score (nSPS) is 12.0. The van der Waals surface area contributed by atoms with Crippen molar-refractivity contribution in [2.24, 2.45) is 0 Å². The third-order valence-corrected chi connectivity index (χ3v) is 6.82. The van der Waals surface area contributed by atoms with Crippen molar-refractivity contribution in [1.82, 2.24) is 14.1 Å². The van der Waals surface area contributed by atoms with Crippen molar-refractivity contribution in [3.8, 4) is 0 Å². The van der Waals surface area contributed by atoms with E-state index >= 15 is 0 Å². The molecule has 0 amide bonds. The average Bonchev–Trinajstić information content (AvgIpc) is 3.19. The van der Waals surface area contributed by atoms with Crippen molar-refractivity contribution >= 4 is 26.9 Å². The summed E-state index contributed by atoms with van der Waals surface area (Å²) >= 11 is 1.33. The number of nitrogens with zero attached hydrogens (tertiary/aromatic N) is 2. The summed E-state index contributed by atoms with van der Waals surface area (Å²) < 4.78 is 29.5. The van der Waals surface area contributed by atoms with E-state index in [2.05, 4.69) is 9.71 Å². The van der Waals surface area contributed by atoms with Gasteiger partial charge in [0.05, 0.1) is 11.7 Å². The van der Waals surface area contributed by atoms with Gasteiger partial charge in [0.15, 0.2) is 0 Å². The summed E-state index contributed by atoms with van der Waals surface area (Å²) in [6, 6.07) is 9.48. The number of hydrogen-bond donors (Lipinski definition) is 1. The number of sulfonamides is 1. The Labute approximate surface area is 140 Å². The molecule has 0 bridgehead atoms. The topological polar surface area (TPSA) is 63.5 Å². The quantitative estimate of drug-likeness (QED) is 0.667. The first-order valence-corrected chi connectivity index (χ1v) is 9.89. The van der Waals surface area contributed by atoms with E-state index in [1.165, 1.54) is 11.3 Å². The SMILES string of the molecule is CCc1ccc(S(=O)(=O)NCCCc2ncc3ccccn23)s1. The monoisotopic (exact) mass is 349 g/mol. The van der Waals surface area contributed by atoms with Gasteiger partial charge in [0.25, 0.3) is 0 Å². The number of aromatic nitrogens is 2. The number of pyridine rings is 1. The molecule has 5 nitrogen and oxygen atoms in total. The number of thiophene rings is 1. The molecule has 0 unspecified atom stereocenters. The van der Waals surface area contributed by atoms with Gasteiger partial charge in [-0.25, -0.2) is 18.1 Å². The Morgan fingerprint density at radius 2 is 2.13 bits per heavy atom. The lowest BCUT2D eigenvalue weighted by Crippen LogP contribution is -2.24. The molecule has 0 saturated carbocycles. The first-order chi connectivity index (χ1) is 11.1. The Morgan fingerprint density at radius 3 is 2.91 bits per heavy atom. The van der Waals surface area contributed by atoms with Crippen LogP contribution in [0, 0.1) is 0 Å². The number of aryl methyl sites for hydroxylation is 2. The molecule has 0 spiro atoms. The summed E-state index contributed by atoms with van der Waals surface area (Å²) in [5.74, 6) is 0.948. The van der Waals surface area contributed by atoms with Crippen molar-refractivity contribution < 1.29 is 8.42 Å². The fraction of sp³-hybridized carbons (Fsp3) is 0.312. The van der Waals surface area contributed by atoms with E-state index in [9.17, 15) is 8.42 Å². The minimum absolute atomic E-state index is 0.389. The highest BCUT2D eigenvalue weighted by Crippen LogP contribution is 2.21. The summed E-state index contributed by atoms with van der Waals surface area (Å²) in [5.41, 5.74) is 1.05. The number of rotatable bonds is 7. The van der Waals surface area contributed by atoms with Crippen LogP contribution >= 0.6 is 11.3 Å². The van der Waals surface area contributed by atoms with E-state index in [1.807, 2.05) is 48.0 Å². The van der Waals surface area contributed by atoms with Gasteiger partial charge < -0.3 is 4.40 Å². The maximum atomic E-state index is 12.2. The van der Waals surface area contributed by atoms with Gasteiger partial charge in [0, 0.05) is 24.0 Å². The van der Waals surface area contributed by atoms with Crippen LogP contribution in [0.5, 0.6) is 0 Å². The van der Waals surface area contributed by atoms with Crippen molar-refractivity contribution in [1.29, 1.82) is 0 Å². The predicted molar refractivity (Wildman–Crippen MR) is 92.4 cm³/mol. The molecular formula is C16H19N3O2S2. The summed E-state index contributed by atoms with van der Waals surface area (Å²) in [6.07, 6.45) is 6.09.